The lowest BCUT2D eigenvalue weighted by Crippen LogP contribution is -2.26. The highest BCUT2D eigenvalue weighted by atomic mass is 35.5. The Bertz CT molecular complexity index is 897. The maximum Gasteiger partial charge on any atom is 0.250 e. The molecular formula is C16H19ClN8O. The van der Waals surface area contributed by atoms with Gasteiger partial charge in [-0.15, -0.1) is 0 Å². The number of rotatable bonds is 5. The van der Waals surface area contributed by atoms with E-state index in [4.69, 9.17) is 16.1 Å². The van der Waals surface area contributed by atoms with E-state index < -0.39 is 0 Å². The van der Waals surface area contributed by atoms with E-state index in [-0.39, 0.29) is 11.5 Å². The summed E-state index contributed by atoms with van der Waals surface area (Å²) in [6.07, 6.45) is 3.60. The van der Waals surface area contributed by atoms with Crippen molar-refractivity contribution in [1.82, 2.24) is 35.3 Å². The molecule has 0 spiro atoms. The second kappa shape index (κ2) is 6.31. The molecule has 1 unspecified atom stereocenters. The van der Waals surface area contributed by atoms with Crippen molar-refractivity contribution >= 4 is 17.4 Å². The third-order valence-corrected chi connectivity index (χ3v) is 4.32. The lowest BCUT2D eigenvalue weighted by Gasteiger charge is -2.28. The SMILES string of the molecule is CC(C)(C)C(Nc1cc(Cl)nc(C2CC2)n1)c1nc(-c2ncn[nH]2)no1. The second-order valence-corrected chi connectivity index (χ2v) is 7.83. The summed E-state index contributed by atoms with van der Waals surface area (Å²) in [7, 11) is 0. The van der Waals surface area contributed by atoms with Gasteiger partial charge in [0.2, 0.25) is 11.7 Å². The number of H-pyrrole nitrogens is 1. The fraction of sp³-hybridized carbons (Fsp3) is 0.500. The van der Waals surface area contributed by atoms with E-state index in [1.54, 1.807) is 6.07 Å². The average Bonchev–Trinajstić information content (AvgIpc) is 3.07. The number of anilines is 1. The van der Waals surface area contributed by atoms with Crippen molar-refractivity contribution in [2.45, 2.75) is 45.6 Å². The molecule has 10 heteroatoms. The van der Waals surface area contributed by atoms with E-state index in [0.717, 1.165) is 18.7 Å². The largest absolute Gasteiger partial charge is 0.358 e. The summed E-state index contributed by atoms with van der Waals surface area (Å²) in [5.41, 5.74) is -0.220. The van der Waals surface area contributed by atoms with Gasteiger partial charge in [0.15, 0.2) is 5.82 Å². The highest BCUT2D eigenvalue weighted by Crippen LogP contribution is 2.40. The maximum atomic E-state index is 6.18. The number of halogens is 1. The quantitative estimate of drug-likeness (QED) is 0.652. The van der Waals surface area contributed by atoms with Crippen LogP contribution in [0.3, 0.4) is 0 Å². The summed E-state index contributed by atoms with van der Waals surface area (Å²) in [6, 6.07) is 1.43. The van der Waals surface area contributed by atoms with Gasteiger partial charge in [-0.25, -0.2) is 15.0 Å². The Hall–Kier alpha value is -2.55. The summed E-state index contributed by atoms with van der Waals surface area (Å²) in [6.45, 7) is 6.23. The van der Waals surface area contributed by atoms with Crippen molar-refractivity contribution in [2.75, 3.05) is 5.32 Å². The molecule has 136 valence electrons. The first-order chi connectivity index (χ1) is 12.4. The number of nitrogens with one attached hydrogen (secondary N) is 2. The molecular weight excluding hydrogens is 356 g/mol. The van der Waals surface area contributed by atoms with Gasteiger partial charge in [-0.1, -0.05) is 37.5 Å². The molecule has 0 saturated heterocycles. The molecule has 1 saturated carbocycles. The molecule has 1 aliphatic rings. The van der Waals surface area contributed by atoms with Crippen molar-refractivity contribution < 1.29 is 4.52 Å². The van der Waals surface area contributed by atoms with Crippen LogP contribution >= 0.6 is 11.6 Å². The molecule has 0 radical (unpaired) electrons. The fourth-order valence-electron chi connectivity index (χ4n) is 2.59. The zero-order valence-electron chi connectivity index (χ0n) is 14.7. The standard InChI is InChI=1S/C16H19ClN8O/c1-16(2,3)11(15-23-14(25-26-15)13-18-7-19-24-13)21-10-6-9(17)20-12(22-10)8-4-5-8/h6-8,11H,4-5H2,1-3H3,(H,18,19,24)(H,20,21,22). The Morgan fingerprint density at radius 1 is 1.27 bits per heavy atom. The van der Waals surface area contributed by atoms with Crippen LogP contribution in [0.25, 0.3) is 11.6 Å². The van der Waals surface area contributed by atoms with E-state index in [1.165, 1.54) is 6.33 Å². The normalized spacial score (nSPS) is 15.8. The smallest absolute Gasteiger partial charge is 0.250 e. The van der Waals surface area contributed by atoms with Crippen LogP contribution in [0, 0.1) is 5.41 Å². The lowest BCUT2D eigenvalue weighted by atomic mass is 9.86. The molecule has 0 aliphatic heterocycles. The molecule has 1 atom stereocenters. The van der Waals surface area contributed by atoms with Gasteiger partial charge in [-0.3, -0.25) is 5.10 Å². The molecule has 9 nitrogen and oxygen atoms in total. The summed E-state index contributed by atoms with van der Waals surface area (Å²) >= 11 is 6.18. The Balaban J connectivity index is 1.64. The van der Waals surface area contributed by atoms with Gasteiger partial charge >= 0.3 is 0 Å². The predicted molar refractivity (Wildman–Crippen MR) is 94.5 cm³/mol. The molecule has 0 bridgehead atoms. The van der Waals surface area contributed by atoms with Crippen LogP contribution in [0.15, 0.2) is 16.9 Å². The van der Waals surface area contributed by atoms with Crippen LogP contribution in [0.5, 0.6) is 0 Å². The van der Waals surface area contributed by atoms with Crippen LogP contribution in [-0.4, -0.2) is 35.3 Å². The third kappa shape index (κ3) is 3.52. The molecule has 3 heterocycles. The number of nitrogens with zero attached hydrogens (tertiary/aromatic N) is 6. The summed E-state index contributed by atoms with van der Waals surface area (Å²) in [5.74, 6) is 3.07. The molecule has 26 heavy (non-hydrogen) atoms. The van der Waals surface area contributed by atoms with Crippen LogP contribution < -0.4 is 5.32 Å². The van der Waals surface area contributed by atoms with E-state index in [0.29, 0.717) is 34.4 Å². The van der Waals surface area contributed by atoms with Gasteiger partial charge in [0.05, 0.1) is 0 Å². The van der Waals surface area contributed by atoms with Crippen LogP contribution in [0.1, 0.15) is 57.3 Å². The lowest BCUT2D eigenvalue weighted by molar-refractivity contribution is 0.268. The number of hydrogen-bond acceptors (Lipinski definition) is 8. The first-order valence-corrected chi connectivity index (χ1v) is 8.78. The Kier molecular flexibility index (Phi) is 4.10. The third-order valence-electron chi connectivity index (χ3n) is 4.13. The zero-order chi connectivity index (χ0) is 18.3. The molecule has 2 N–H and O–H groups in total. The van der Waals surface area contributed by atoms with Crippen molar-refractivity contribution in [1.29, 1.82) is 0 Å². The number of hydrogen-bond donors (Lipinski definition) is 2. The van der Waals surface area contributed by atoms with Gasteiger partial charge in [0.25, 0.3) is 0 Å². The van der Waals surface area contributed by atoms with Gasteiger partial charge < -0.3 is 9.84 Å². The fourth-order valence-corrected chi connectivity index (χ4v) is 2.78. The van der Waals surface area contributed by atoms with Crippen LogP contribution in [-0.2, 0) is 0 Å². The van der Waals surface area contributed by atoms with E-state index in [2.05, 4.69) is 61.4 Å². The van der Waals surface area contributed by atoms with Crippen molar-refractivity contribution in [2.24, 2.45) is 5.41 Å². The first-order valence-electron chi connectivity index (χ1n) is 8.40. The minimum Gasteiger partial charge on any atom is -0.358 e. The average molecular weight is 375 g/mol. The molecule has 3 aromatic heterocycles. The summed E-state index contributed by atoms with van der Waals surface area (Å²) in [5, 5.41) is 14.3. The van der Waals surface area contributed by atoms with Crippen LogP contribution in [0.4, 0.5) is 5.82 Å². The first kappa shape index (κ1) is 16.9. The number of aromatic amines is 1. The topological polar surface area (TPSA) is 118 Å². The summed E-state index contributed by atoms with van der Waals surface area (Å²) in [4.78, 5) is 17.4. The van der Waals surface area contributed by atoms with Crippen molar-refractivity contribution in [3.63, 3.8) is 0 Å². The molecule has 0 aromatic carbocycles. The summed E-state index contributed by atoms with van der Waals surface area (Å²) < 4.78 is 5.48. The predicted octanol–water partition coefficient (Wildman–Crippen LogP) is 3.37. The second-order valence-electron chi connectivity index (χ2n) is 7.44. The number of aromatic nitrogens is 7. The van der Waals surface area contributed by atoms with Gasteiger partial charge in [0, 0.05) is 12.0 Å². The molecule has 0 amide bonds. The molecule has 1 aliphatic carbocycles. The van der Waals surface area contributed by atoms with E-state index in [9.17, 15) is 0 Å². The Labute approximate surface area is 155 Å². The van der Waals surface area contributed by atoms with Gasteiger partial charge in [-0.05, 0) is 18.3 Å². The van der Waals surface area contributed by atoms with Crippen molar-refractivity contribution in [3.05, 3.63) is 29.3 Å². The molecule has 1 fully saturated rings. The van der Waals surface area contributed by atoms with Crippen LogP contribution in [0.2, 0.25) is 5.15 Å². The monoisotopic (exact) mass is 374 g/mol. The maximum absolute atomic E-state index is 6.18. The van der Waals surface area contributed by atoms with E-state index in [1.807, 2.05) is 0 Å². The van der Waals surface area contributed by atoms with Crippen molar-refractivity contribution in [3.8, 4) is 11.6 Å². The minimum absolute atomic E-state index is 0.220. The molecule has 3 aromatic rings. The highest BCUT2D eigenvalue weighted by Gasteiger charge is 2.33. The van der Waals surface area contributed by atoms with Gasteiger partial charge in [0.1, 0.15) is 29.2 Å². The highest BCUT2D eigenvalue weighted by molar-refractivity contribution is 6.29. The van der Waals surface area contributed by atoms with E-state index >= 15 is 0 Å². The Morgan fingerprint density at radius 2 is 2.08 bits per heavy atom. The Morgan fingerprint density at radius 3 is 2.73 bits per heavy atom. The zero-order valence-corrected chi connectivity index (χ0v) is 15.4. The minimum atomic E-state index is -0.273. The molecule has 4 rings (SSSR count). The van der Waals surface area contributed by atoms with Gasteiger partial charge in [-0.2, -0.15) is 10.1 Å².